The van der Waals surface area contributed by atoms with E-state index in [9.17, 15) is 10.1 Å². The van der Waals surface area contributed by atoms with Crippen LogP contribution in [0.3, 0.4) is 0 Å². The van der Waals surface area contributed by atoms with Crippen molar-refractivity contribution in [2.75, 3.05) is 31.6 Å². The molecule has 2 N–H and O–H groups in total. The molecule has 2 rings (SSSR count). The molecule has 0 saturated carbocycles. The number of rotatable bonds is 4. The van der Waals surface area contributed by atoms with E-state index in [0.717, 1.165) is 13.1 Å². The van der Waals surface area contributed by atoms with Gasteiger partial charge in [0.05, 0.1) is 17.6 Å². The van der Waals surface area contributed by atoms with Gasteiger partial charge in [-0.2, -0.15) is 0 Å². The van der Waals surface area contributed by atoms with Crippen molar-refractivity contribution >= 4 is 11.4 Å². The van der Waals surface area contributed by atoms with Crippen LogP contribution < -0.4 is 10.6 Å². The summed E-state index contributed by atoms with van der Waals surface area (Å²) < 4.78 is 5.51. The van der Waals surface area contributed by atoms with Gasteiger partial charge < -0.3 is 15.4 Å². The van der Waals surface area contributed by atoms with E-state index in [2.05, 4.69) is 10.6 Å². The Labute approximate surface area is 99.1 Å². The first-order chi connectivity index (χ1) is 8.27. The number of morpholine rings is 1. The zero-order chi connectivity index (χ0) is 12.1. The standard InChI is InChI=1S/C11H15N3O3/c15-14(16)11-4-2-1-3-10(11)13-8-9-7-12-5-6-17-9/h1-4,9,12-13H,5-8H2/t9-/m1/s1. The van der Waals surface area contributed by atoms with Crippen LogP contribution in [-0.2, 0) is 4.74 Å². The van der Waals surface area contributed by atoms with Gasteiger partial charge in [0.2, 0.25) is 0 Å². The molecular formula is C11H15N3O3. The van der Waals surface area contributed by atoms with Gasteiger partial charge in [0, 0.05) is 25.7 Å². The van der Waals surface area contributed by atoms with E-state index >= 15 is 0 Å². The summed E-state index contributed by atoms with van der Waals surface area (Å²) >= 11 is 0. The normalized spacial score (nSPS) is 19.9. The van der Waals surface area contributed by atoms with E-state index < -0.39 is 0 Å². The molecule has 17 heavy (non-hydrogen) atoms. The van der Waals surface area contributed by atoms with E-state index in [1.807, 2.05) is 0 Å². The van der Waals surface area contributed by atoms with Gasteiger partial charge in [-0.15, -0.1) is 0 Å². The predicted molar refractivity (Wildman–Crippen MR) is 64.2 cm³/mol. The number of nitrogens with zero attached hydrogens (tertiary/aromatic N) is 1. The van der Waals surface area contributed by atoms with Crippen LogP contribution in [-0.4, -0.2) is 37.3 Å². The minimum Gasteiger partial charge on any atom is -0.377 e. The molecule has 92 valence electrons. The van der Waals surface area contributed by atoms with Crippen molar-refractivity contribution in [1.29, 1.82) is 0 Å². The second kappa shape index (κ2) is 5.60. The molecule has 0 aliphatic carbocycles. The average Bonchev–Trinajstić information content (AvgIpc) is 2.38. The van der Waals surface area contributed by atoms with E-state index in [-0.39, 0.29) is 16.7 Å². The highest BCUT2D eigenvalue weighted by molar-refractivity contribution is 5.61. The fourth-order valence-corrected chi connectivity index (χ4v) is 1.76. The molecule has 1 aromatic rings. The van der Waals surface area contributed by atoms with Crippen LogP contribution >= 0.6 is 0 Å². The number of para-hydroxylation sites is 2. The highest BCUT2D eigenvalue weighted by Gasteiger charge is 2.16. The van der Waals surface area contributed by atoms with Gasteiger partial charge in [-0.3, -0.25) is 10.1 Å². The maximum absolute atomic E-state index is 10.8. The summed E-state index contributed by atoms with van der Waals surface area (Å²) in [5, 5.41) is 17.1. The van der Waals surface area contributed by atoms with Gasteiger partial charge in [-0.1, -0.05) is 12.1 Å². The van der Waals surface area contributed by atoms with E-state index in [1.54, 1.807) is 18.2 Å². The van der Waals surface area contributed by atoms with Crippen molar-refractivity contribution in [3.05, 3.63) is 34.4 Å². The predicted octanol–water partition coefficient (Wildman–Crippen LogP) is 0.995. The second-order valence-corrected chi connectivity index (χ2v) is 3.85. The molecule has 1 saturated heterocycles. The Morgan fingerprint density at radius 2 is 2.35 bits per heavy atom. The molecular weight excluding hydrogens is 222 g/mol. The molecule has 0 radical (unpaired) electrons. The Balaban J connectivity index is 1.96. The van der Waals surface area contributed by atoms with Crippen LogP contribution in [0, 0.1) is 10.1 Å². The first-order valence-electron chi connectivity index (χ1n) is 5.57. The third-order valence-electron chi connectivity index (χ3n) is 2.63. The Morgan fingerprint density at radius 1 is 1.53 bits per heavy atom. The summed E-state index contributed by atoms with van der Waals surface area (Å²) in [5.74, 6) is 0. The Morgan fingerprint density at radius 3 is 3.06 bits per heavy atom. The molecule has 6 nitrogen and oxygen atoms in total. The van der Waals surface area contributed by atoms with Gasteiger partial charge in [0.15, 0.2) is 0 Å². The SMILES string of the molecule is O=[N+]([O-])c1ccccc1NC[C@H]1CNCCO1. The molecule has 0 unspecified atom stereocenters. The first-order valence-corrected chi connectivity index (χ1v) is 5.57. The summed E-state index contributed by atoms with van der Waals surface area (Å²) in [5.41, 5.74) is 0.628. The highest BCUT2D eigenvalue weighted by Crippen LogP contribution is 2.23. The minimum absolute atomic E-state index is 0.0589. The average molecular weight is 237 g/mol. The summed E-state index contributed by atoms with van der Waals surface area (Å²) in [6.07, 6.45) is 0.0589. The minimum atomic E-state index is -0.387. The number of hydrogen-bond donors (Lipinski definition) is 2. The monoisotopic (exact) mass is 237 g/mol. The topological polar surface area (TPSA) is 76.4 Å². The molecule has 1 aliphatic heterocycles. The van der Waals surface area contributed by atoms with E-state index in [4.69, 9.17) is 4.74 Å². The van der Waals surface area contributed by atoms with Crippen LogP contribution in [0.15, 0.2) is 24.3 Å². The van der Waals surface area contributed by atoms with Gasteiger partial charge in [0.25, 0.3) is 5.69 Å². The molecule has 1 atom stereocenters. The molecule has 0 spiro atoms. The number of nitro benzene ring substituents is 1. The summed E-state index contributed by atoms with van der Waals surface area (Å²) in [6, 6.07) is 6.62. The molecule has 1 aromatic carbocycles. The number of hydrogen-bond acceptors (Lipinski definition) is 5. The van der Waals surface area contributed by atoms with E-state index in [0.29, 0.717) is 18.8 Å². The van der Waals surface area contributed by atoms with Crippen molar-refractivity contribution in [3.63, 3.8) is 0 Å². The third kappa shape index (κ3) is 3.15. The van der Waals surface area contributed by atoms with Crippen LogP contribution in [0.2, 0.25) is 0 Å². The summed E-state index contributed by atoms with van der Waals surface area (Å²) in [6.45, 7) is 2.89. The van der Waals surface area contributed by atoms with E-state index in [1.165, 1.54) is 6.07 Å². The maximum atomic E-state index is 10.8. The molecule has 1 fully saturated rings. The lowest BCUT2D eigenvalue weighted by Crippen LogP contribution is -2.42. The summed E-state index contributed by atoms with van der Waals surface area (Å²) in [4.78, 5) is 10.4. The first kappa shape index (κ1) is 11.8. The maximum Gasteiger partial charge on any atom is 0.292 e. The van der Waals surface area contributed by atoms with Gasteiger partial charge in [0.1, 0.15) is 5.69 Å². The number of nitrogens with one attached hydrogen (secondary N) is 2. The van der Waals surface area contributed by atoms with Crippen molar-refractivity contribution < 1.29 is 9.66 Å². The largest absolute Gasteiger partial charge is 0.377 e. The molecule has 1 aliphatic rings. The second-order valence-electron chi connectivity index (χ2n) is 3.85. The lowest BCUT2D eigenvalue weighted by Gasteiger charge is -2.24. The number of benzene rings is 1. The Hall–Kier alpha value is -1.66. The highest BCUT2D eigenvalue weighted by atomic mass is 16.6. The number of ether oxygens (including phenoxy) is 1. The fraction of sp³-hybridized carbons (Fsp3) is 0.455. The molecule has 0 aromatic heterocycles. The molecule has 1 heterocycles. The Bertz CT molecular complexity index is 391. The van der Waals surface area contributed by atoms with Crippen molar-refractivity contribution in [2.45, 2.75) is 6.10 Å². The zero-order valence-electron chi connectivity index (χ0n) is 9.39. The molecule has 0 amide bonds. The fourth-order valence-electron chi connectivity index (χ4n) is 1.76. The molecule has 0 bridgehead atoms. The van der Waals surface area contributed by atoms with Crippen LogP contribution in [0.5, 0.6) is 0 Å². The smallest absolute Gasteiger partial charge is 0.292 e. The van der Waals surface area contributed by atoms with Gasteiger partial charge in [-0.05, 0) is 6.07 Å². The number of nitro groups is 1. The lowest BCUT2D eigenvalue weighted by atomic mass is 10.2. The zero-order valence-corrected chi connectivity index (χ0v) is 9.39. The quantitative estimate of drug-likeness (QED) is 0.603. The molecule has 6 heteroatoms. The van der Waals surface area contributed by atoms with Gasteiger partial charge in [-0.25, -0.2) is 0 Å². The van der Waals surface area contributed by atoms with Crippen LogP contribution in [0.1, 0.15) is 0 Å². The number of anilines is 1. The van der Waals surface area contributed by atoms with Crippen molar-refractivity contribution in [2.24, 2.45) is 0 Å². The summed E-state index contributed by atoms with van der Waals surface area (Å²) in [7, 11) is 0. The van der Waals surface area contributed by atoms with Crippen molar-refractivity contribution in [3.8, 4) is 0 Å². The van der Waals surface area contributed by atoms with Crippen LogP contribution in [0.4, 0.5) is 11.4 Å². The van der Waals surface area contributed by atoms with Crippen molar-refractivity contribution in [1.82, 2.24) is 5.32 Å². The lowest BCUT2D eigenvalue weighted by molar-refractivity contribution is -0.384. The van der Waals surface area contributed by atoms with Crippen LogP contribution in [0.25, 0.3) is 0 Å². The van der Waals surface area contributed by atoms with Gasteiger partial charge >= 0.3 is 0 Å². The third-order valence-corrected chi connectivity index (χ3v) is 2.63. The Kier molecular flexibility index (Phi) is 3.89.